The molecule has 0 saturated heterocycles. The molecular weight excluding hydrogens is 322 g/mol. The van der Waals surface area contributed by atoms with E-state index >= 15 is 0 Å². The van der Waals surface area contributed by atoms with E-state index in [0.717, 1.165) is 10.0 Å². The number of benzene rings is 1. The fraction of sp³-hybridized carbons (Fsp3) is 0.333. The fourth-order valence-corrected chi connectivity index (χ4v) is 1.64. The number of ether oxygens (including phenoxy) is 1. The highest BCUT2D eigenvalue weighted by molar-refractivity contribution is 9.10. The maximum absolute atomic E-state index is 11.5. The first-order valence-corrected chi connectivity index (χ1v) is 6.97. The molecule has 4 nitrogen and oxygen atoms in total. The van der Waals surface area contributed by atoms with Gasteiger partial charge in [-0.15, -0.1) is 0 Å². The summed E-state index contributed by atoms with van der Waals surface area (Å²) in [6.07, 6.45) is 2.93. The molecule has 0 fully saturated rings. The molecule has 0 heterocycles. The van der Waals surface area contributed by atoms with Crippen molar-refractivity contribution >= 4 is 33.9 Å². The maximum Gasteiger partial charge on any atom is 0.331 e. The standard InChI is InChI=1S/C15H18BrNO3/c1-15(2,3)17-13(18)10-20-14(19)9-6-11-4-7-12(16)8-5-11/h4-9H,10H2,1-3H3,(H,17,18)/b9-6+. The third kappa shape index (κ3) is 7.09. The number of halogens is 1. The minimum atomic E-state index is -0.544. The molecule has 108 valence electrons. The van der Waals surface area contributed by atoms with Crippen molar-refractivity contribution in [1.29, 1.82) is 0 Å². The smallest absolute Gasteiger partial charge is 0.331 e. The van der Waals surface area contributed by atoms with Gasteiger partial charge < -0.3 is 10.1 Å². The third-order valence-corrected chi connectivity index (χ3v) is 2.67. The van der Waals surface area contributed by atoms with Gasteiger partial charge in [0.2, 0.25) is 0 Å². The Kier molecular flexibility index (Phi) is 5.95. The van der Waals surface area contributed by atoms with Gasteiger partial charge in [-0.1, -0.05) is 28.1 Å². The summed E-state index contributed by atoms with van der Waals surface area (Å²) in [5, 5.41) is 2.71. The molecule has 5 heteroatoms. The summed E-state index contributed by atoms with van der Waals surface area (Å²) >= 11 is 3.33. The minimum absolute atomic E-state index is 0.277. The van der Waals surface area contributed by atoms with E-state index in [0.29, 0.717) is 0 Å². The van der Waals surface area contributed by atoms with Gasteiger partial charge in [0, 0.05) is 16.1 Å². The lowest BCUT2D eigenvalue weighted by atomic mass is 10.1. The second-order valence-corrected chi connectivity index (χ2v) is 6.21. The molecule has 1 amide bonds. The van der Waals surface area contributed by atoms with Gasteiger partial charge in [-0.3, -0.25) is 4.79 Å². The number of carbonyl (C=O) groups excluding carboxylic acids is 2. The zero-order valence-corrected chi connectivity index (χ0v) is 13.4. The van der Waals surface area contributed by atoms with Gasteiger partial charge in [0.25, 0.3) is 5.91 Å². The van der Waals surface area contributed by atoms with Crippen molar-refractivity contribution in [2.45, 2.75) is 26.3 Å². The molecular formula is C15H18BrNO3. The summed E-state index contributed by atoms with van der Waals surface area (Å²) in [5.41, 5.74) is 0.542. The van der Waals surface area contributed by atoms with Crippen LogP contribution in [0.4, 0.5) is 0 Å². The molecule has 1 N–H and O–H groups in total. The molecule has 1 aromatic rings. The largest absolute Gasteiger partial charge is 0.452 e. The second-order valence-electron chi connectivity index (χ2n) is 5.29. The van der Waals surface area contributed by atoms with Crippen molar-refractivity contribution in [3.63, 3.8) is 0 Å². The second kappa shape index (κ2) is 7.24. The molecule has 0 aromatic heterocycles. The van der Waals surface area contributed by atoms with Crippen molar-refractivity contribution in [1.82, 2.24) is 5.32 Å². The van der Waals surface area contributed by atoms with Crippen LogP contribution in [-0.2, 0) is 14.3 Å². The topological polar surface area (TPSA) is 55.4 Å². The molecule has 0 unspecified atom stereocenters. The van der Waals surface area contributed by atoms with Crippen LogP contribution in [0.25, 0.3) is 6.08 Å². The first-order chi connectivity index (χ1) is 9.26. The predicted molar refractivity (Wildman–Crippen MR) is 82.0 cm³/mol. The first-order valence-electron chi connectivity index (χ1n) is 6.18. The van der Waals surface area contributed by atoms with E-state index in [9.17, 15) is 9.59 Å². The van der Waals surface area contributed by atoms with Crippen LogP contribution in [0.15, 0.2) is 34.8 Å². The lowest BCUT2D eigenvalue weighted by molar-refractivity contribution is -0.144. The van der Waals surface area contributed by atoms with E-state index < -0.39 is 5.97 Å². The lowest BCUT2D eigenvalue weighted by Crippen LogP contribution is -2.42. The highest BCUT2D eigenvalue weighted by Crippen LogP contribution is 2.11. The van der Waals surface area contributed by atoms with Crippen LogP contribution in [0.5, 0.6) is 0 Å². The van der Waals surface area contributed by atoms with Gasteiger partial charge in [0.05, 0.1) is 0 Å². The van der Waals surface area contributed by atoms with Gasteiger partial charge in [0.15, 0.2) is 6.61 Å². The number of hydrogen-bond acceptors (Lipinski definition) is 3. The molecule has 0 aliphatic heterocycles. The Morgan fingerprint density at radius 2 is 1.85 bits per heavy atom. The highest BCUT2D eigenvalue weighted by atomic mass is 79.9. The zero-order chi connectivity index (χ0) is 15.2. The van der Waals surface area contributed by atoms with Gasteiger partial charge in [-0.25, -0.2) is 4.79 Å². The van der Waals surface area contributed by atoms with E-state index in [-0.39, 0.29) is 18.1 Å². The summed E-state index contributed by atoms with van der Waals surface area (Å²) in [5.74, 6) is -0.861. The number of rotatable bonds is 4. The average molecular weight is 340 g/mol. The van der Waals surface area contributed by atoms with Crippen LogP contribution in [0, 0.1) is 0 Å². The van der Waals surface area contributed by atoms with Crippen molar-refractivity contribution < 1.29 is 14.3 Å². The maximum atomic E-state index is 11.5. The summed E-state index contributed by atoms with van der Waals surface area (Å²) < 4.78 is 5.82. The van der Waals surface area contributed by atoms with Crippen molar-refractivity contribution in [2.75, 3.05) is 6.61 Å². The van der Waals surface area contributed by atoms with Gasteiger partial charge in [-0.2, -0.15) is 0 Å². The summed E-state index contributed by atoms with van der Waals surface area (Å²) in [6, 6.07) is 7.48. The van der Waals surface area contributed by atoms with Gasteiger partial charge >= 0.3 is 5.97 Å². The number of nitrogens with one attached hydrogen (secondary N) is 1. The van der Waals surface area contributed by atoms with Crippen molar-refractivity contribution in [3.05, 3.63) is 40.4 Å². The molecule has 0 saturated carbocycles. The van der Waals surface area contributed by atoms with Gasteiger partial charge in [0.1, 0.15) is 0 Å². The molecule has 1 aromatic carbocycles. The van der Waals surface area contributed by atoms with E-state index in [4.69, 9.17) is 4.74 Å². The number of carbonyl (C=O) groups is 2. The number of amides is 1. The van der Waals surface area contributed by atoms with E-state index in [2.05, 4.69) is 21.2 Å². The van der Waals surface area contributed by atoms with Crippen molar-refractivity contribution in [2.24, 2.45) is 0 Å². The van der Waals surface area contributed by atoms with Crippen LogP contribution >= 0.6 is 15.9 Å². The molecule has 20 heavy (non-hydrogen) atoms. The average Bonchev–Trinajstić information content (AvgIpc) is 2.33. The zero-order valence-electron chi connectivity index (χ0n) is 11.8. The Balaban J connectivity index is 2.40. The SMILES string of the molecule is CC(C)(C)NC(=O)COC(=O)/C=C/c1ccc(Br)cc1. The van der Waals surface area contributed by atoms with E-state index in [1.54, 1.807) is 6.08 Å². The Bertz CT molecular complexity index is 501. The van der Waals surface area contributed by atoms with Crippen molar-refractivity contribution in [3.8, 4) is 0 Å². The molecule has 0 spiro atoms. The molecule has 0 atom stereocenters. The third-order valence-electron chi connectivity index (χ3n) is 2.14. The first kappa shape index (κ1) is 16.4. The summed E-state index contributed by atoms with van der Waals surface area (Å²) in [4.78, 5) is 22.9. The molecule has 0 aliphatic carbocycles. The molecule has 0 radical (unpaired) electrons. The van der Waals surface area contributed by atoms with Crippen LogP contribution in [-0.4, -0.2) is 24.0 Å². The lowest BCUT2D eigenvalue weighted by Gasteiger charge is -2.20. The Labute approximate surface area is 127 Å². The van der Waals surface area contributed by atoms with Crippen LogP contribution in [0.2, 0.25) is 0 Å². The number of esters is 1. The predicted octanol–water partition coefficient (Wildman–Crippen LogP) is 2.92. The number of hydrogen-bond donors (Lipinski definition) is 1. The summed E-state index contributed by atoms with van der Waals surface area (Å²) in [6.45, 7) is 5.31. The van der Waals surface area contributed by atoms with Crippen LogP contribution < -0.4 is 5.32 Å². The fourth-order valence-electron chi connectivity index (χ4n) is 1.38. The van der Waals surface area contributed by atoms with E-state index in [1.807, 2.05) is 45.0 Å². The minimum Gasteiger partial charge on any atom is -0.452 e. The molecule has 0 aliphatic rings. The van der Waals surface area contributed by atoms with Gasteiger partial charge in [-0.05, 0) is 44.5 Å². The van der Waals surface area contributed by atoms with Crippen LogP contribution in [0.1, 0.15) is 26.3 Å². The Hall–Kier alpha value is -1.62. The Morgan fingerprint density at radius 3 is 2.40 bits per heavy atom. The Morgan fingerprint density at radius 1 is 1.25 bits per heavy atom. The molecule has 1 rings (SSSR count). The van der Waals surface area contributed by atoms with E-state index in [1.165, 1.54) is 6.08 Å². The normalized spacial score (nSPS) is 11.4. The molecule has 0 bridgehead atoms. The quantitative estimate of drug-likeness (QED) is 0.677. The van der Waals surface area contributed by atoms with Crippen LogP contribution in [0.3, 0.4) is 0 Å². The summed E-state index contributed by atoms with van der Waals surface area (Å²) in [7, 11) is 0. The highest BCUT2D eigenvalue weighted by Gasteiger charge is 2.14. The monoisotopic (exact) mass is 339 g/mol.